The molecule has 6 nitrogen and oxygen atoms in total. The van der Waals surface area contributed by atoms with E-state index in [1.165, 1.54) is 11.1 Å². The molecule has 32 heavy (non-hydrogen) atoms. The maximum Gasteiger partial charge on any atom is 0.135 e. The van der Waals surface area contributed by atoms with E-state index in [0.717, 1.165) is 33.0 Å². The van der Waals surface area contributed by atoms with Gasteiger partial charge >= 0.3 is 0 Å². The van der Waals surface area contributed by atoms with Crippen LogP contribution in [0.5, 0.6) is 11.5 Å². The zero-order valence-electron chi connectivity index (χ0n) is 19.6. The van der Waals surface area contributed by atoms with Crippen molar-refractivity contribution in [1.82, 2.24) is 0 Å². The number of methoxy groups -OCH3 is 2. The largest absolute Gasteiger partial charge is 0.490 e. The summed E-state index contributed by atoms with van der Waals surface area (Å²) >= 11 is 0. The Labute approximate surface area is 190 Å². The van der Waals surface area contributed by atoms with Crippen molar-refractivity contribution in [2.45, 2.75) is 13.8 Å². The zero-order chi connectivity index (χ0) is 22.8. The molecule has 0 radical (unpaired) electrons. The second-order valence-corrected chi connectivity index (χ2v) is 7.66. The predicted octanol–water partition coefficient (Wildman–Crippen LogP) is 4.69. The molecule has 0 atom stereocenters. The minimum absolute atomic E-state index is 0.462. The third-order valence-electron chi connectivity index (χ3n) is 5.14. The van der Waals surface area contributed by atoms with Crippen LogP contribution in [0.15, 0.2) is 36.4 Å². The molecular formula is C26H34O6. The van der Waals surface area contributed by atoms with Crippen molar-refractivity contribution in [1.29, 1.82) is 0 Å². The van der Waals surface area contributed by atoms with Crippen LogP contribution in [-0.4, -0.2) is 67.1 Å². The van der Waals surface area contributed by atoms with E-state index in [4.69, 9.17) is 28.4 Å². The topological polar surface area (TPSA) is 55.4 Å². The van der Waals surface area contributed by atoms with E-state index in [0.29, 0.717) is 52.9 Å². The van der Waals surface area contributed by atoms with Crippen LogP contribution in [0.2, 0.25) is 0 Å². The van der Waals surface area contributed by atoms with Gasteiger partial charge in [-0.1, -0.05) is 35.4 Å². The lowest BCUT2D eigenvalue weighted by Crippen LogP contribution is -2.11. The Balaban J connectivity index is 1.91. The van der Waals surface area contributed by atoms with E-state index in [1.54, 1.807) is 14.2 Å². The van der Waals surface area contributed by atoms with Crippen LogP contribution < -0.4 is 9.47 Å². The van der Waals surface area contributed by atoms with Crippen molar-refractivity contribution in [2.75, 3.05) is 67.1 Å². The van der Waals surface area contributed by atoms with Crippen molar-refractivity contribution in [3.63, 3.8) is 0 Å². The molecule has 0 saturated carbocycles. The Hall–Kier alpha value is -2.38. The highest BCUT2D eigenvalue weighted by molar-refractivity contribution is 6.11. The molecule has 0 amide bonds. The van der Waals surface area contributed by atoms with Crippen LogP contribution >= 0.6 is 0 Å². The molecule has 0 spiro atoms. The first kappa shape index (κ1) is 24.3. The van der Waals surface area contributed by atoms with Crippen LogP contribution in [-0.2, 0) is 18.9 Å². The third-order valence-corrected chi connectivity index (χ3v) is 5.14. The number of fused-ring (bicyclic) bond motifs is 2. The summed E-state index contributed by atoms with van der Waals surface area (Å²) < 4.78 is 33.8. The van der Waals surface area contributed by atoms with Crippen molar-refractivity contribution in [2.24, 2.45) is 0 Å². The van der Waals surface area contributed by atoms with E-state index in [9.17, 15) is 0 Å². The predicted molar refractivity (Wildman–Crippen MR) is 127 cm³/mol. The van der Waals surface area contributed by atoms with E-state index in [-0.39, 0.29) is 0 Å². The summed E-state index contributed by atoms with van der Waals surface area (Å²) in [6.45, 7) is 8.35. The first-order valence-corrected chi connectivity index (χ1v) is 11.0. The highest BCUT2D eigenvalue weighted by Crippen LogP contribution is 2.43. The number of aryl methyl sites for hydroxylation is 2. The van der Waals surface area contributed by atoms with Crippen molar-refractivity contribution < 1.29 is 28.4 Å². The van der Waals surface area contributed by atoms with Gasteiger partial charge in [0.1, 0.15) is 24.7 Å². The summed E-state index contributed by atoms with van der Waals surface area (Å²) in [6.07, 6.45) is 0. The van der Waals surface area contributed by atoms with Gasteiger partial charge in [-0.2, -0.15) is 0 Å². The highest BCUT2D eigenvalue weighted by atomic mass is 16.5. The van der Waals surface area contributed by atoms with Gasteiger partial charge in [0.25, 0.3) is 0 Å². The fourth-order valence-electron chi connectivity index (χ4n) is 3.58. The second kappa shape index (κ2) is 12.6. The Morgan fingerprint density at radius 3 is 1.31 bits per heavy atom. The minimum atomic E-state index is 0.462. The lowest BCUT2D eigenvalue weighted by Gasteiger charge is -2.19. The van der Waals surface area contributed by atoms with Gasteiger partial charge in [0.2, 0.25) is 0 Å². The number of rotatable bonds is 14. The van der Waals surface area contributed by atoms with Crippen LogP contribution in [0.25, 0.3) is 21.5 Å². The van der Waals surface area contributed by atoms with Gasteiger partial charge in [0, 0.05) is 35.8 Å². The molecule has 0 aliphatic heterocycles. The summed E-state index contributed by atoms with van der Waals surface area (Å²) in [7, 11) is 3.33. The van der Waals surface area contributed by atoms with Crippen LogP contribution in [0, 0.1) is 13.8 Å². The van der Waals surface area contributed by atoms with Crippen molar-refractivity contribution in [3.05, 3.63) is 47.5 Å². The summed E-state index contributed by atoms with van der Waals surface area (Å²) in [5.74, 6) is 1.72. The molecule has 0 fully saturated rings. The fourth-order valence-corrected chi connectivity index (χ4v) is 3.58. The summed E-state index contributed by atoms with van der Waals surface area (Å²) in [6, 6.07) is 12.7. The first-order valence-electron chi connectivity index (χ1n) is 11.0. The van der Waals surface area contributed by atoms with Crippen LogP contribution in [0.3, 0.4) is 0 Å². The molecule has 0 aromatic heterocycles. The van der Waals surface area contributed by atoms with Gasteiger partial charge in [-0.25, -0.2) is 0 Å². The number of benzene rings is 3. The van der Waals surface area contributed by atoms with E-state index < -0.39 is 0 Å². The average molecular weight is 443 g/mol. The number of ether oxygens (including phenoxy) is 6. The molecule has 0 aliphatic carbocycles. The number of hydrogen-bond acceptors (Lipinski definition) is 6. The van der Waals surface area contributed by atoms with Crippen molar-refractivity contribution >= 4 is 21.5 Å². The lowest BCUT2D eigenvalue weighted by molar-refractivity contribution is 0.0545. The van der Waals surface area contributed by atoms with Crippen LogP contribution in [0.4, 0.5) is 0 Å². The second-order valence-electron chi connectivity index (χ2n) is 7.66. The molecule has 3 aromatic rings. The smallest absolute Gasteiger partial charge is 0.135 e. The highest BCUT2D eigenvalue weighted by Gasteiger charge is 2.17. The SMILES string of the molecule is COCCOCCOc1c2ccc(C)cc2c(OCCOCCOC)c2ccc(C)cc12. The third kappa shape index (κ3) is 6.33. The monoisotopic (exact) mass is 442 g/mol. The Morgan fingerprint density at radius 1 is 0.500 bits per heavy atom. The minimum Gasteiger partial charge on any atom is -0.490 e. The van der Waals surface area contributed by atoms with Gasteiger partial charge in [0.05, 0.1) is 39.6 Å². The molecule has 0 saturated heterocycles. The molecule has 0 N–H and O–H groups in total. The molecular weight excluding hydrogens is 408 g/mol. The zero-order valence-corrected chi connectivity index (χ0v) is 19.6. The maximum atomic E-state index is 6.27. The Kier molecular flexibility index (Phi) is 9.56. The molecule has 0 bridgehead atoms. The van der Waals surface area contributed by atoms with Gasteiger partial charge in [-0.15, -0.1) is 0 Å². The standard InChI is InChI=1S/C26H34O6/c1-19-5-7-21-23(17-19)25(31-15-13-29-11-9-27-3)22-8-6-20(2)18-24(22)26(21)32-16-14-30-12-10-28-4/h5-8,17-18H,9-16H2,1-4H3. The Morgan fingerprint density at radius 2 is 0.906 bits per heavy atom. The van der Waals surface area contributed by atoms with Gasteiger partial charge in [0.15, 0.2) is 0 Å². The van der Waals surface area contributed by atoms with Gasteiger partial charge in [-0.3, -0.25) is 0 Å². The molecule has 0 heterocycles. The average Bonchev–Trinajstić information content (AvgIpc) is 2.79. The molecule has 3 rings (SSSR count). The Bertz CT molecular complexity index is 919. The maximum absolute atomic E-state index is 6.27. The first-order chi connectivity index (χ1) is 15.7. The molecule has 6 heteroatoms. The van der Waals surface area contributed by atoms with Crippen molar-refractivity contribution in [3.8, 4) is 11.5 Å². The van der Waals surface area contributed by atoms with Gasteiger partial charge < -0.3 is 28.4 Å². The number of hydrogen-bond donors (Lipinski definition) is 0. The van der Waals surface area contributed by atoms with E-state index >= 15 is 0 Å². The van der Waals surface area contributed by atoms with E-state index in [2.05, 4.69) is 50.2 Å². The fraction of sp³-hybridized carbons (Fsp3) is 0.462. The van der Waals surface area contributed by atoms with Gasteiger partial charge in [-0.05, 0) is 26.0 Å². The summed E-state index contributed by atoms with van der Waals surface area (Å²) in [4.78, 5) is 0. The quantitative estimate of drug-likeness (QED) is 0.267. The van der Waals surface area contributed by atoms with Crippen LogP contribution in [0.1, 0.15) is 11.1 Å². The molecule has 0 unspecified atom stereocenters. The normalized spacial score (nSPS) is 11.4. The molecule has 0 aliphatic rings. The molecule has 3 aromatic carbocycles. The molecule has 174 valence electrons. The summed E-state index contributed by atoms with van der Waals surface area (Å²) in [5.41, 5.74) is 2.33. The summed E-state index contributed by atoms with van der Waals surface area (Å²) in [5, 5.41) is 4.13. The van der Waals surface area contributed by atoms with E-state index in [1.807, 2.05) is 0 Å². The lowest BCUT2D eigenvalue weighted by atomic mass is 9.98.